The molecule has 0 fully saturated rings. The van der Waals surface area contributed by atoms with Crippen molar-refractivity contribution < 1.29 is 0 Å². The third-order valence-electron chi connectivity index (χ3n) is 3.37. The van der Waals surface area contributed by atoms with E-state index < -0.39 is 0 Å². The maximum absolute atomic E-state index is 3.94. The van der Waals surface area contributed by atoms with E-state index in [4.69, 9.17) is 0 Å². The number of rotatable bonds is 6. The molecule has 0 aromatic carbocycles. The molecule has 0 N–H and O–H groups in total. The highest BCUT2D eigenvalue weighted by Crippen LogP contribution is 2.34. The van der Waals surface area contributed by atoms with Gasteiger partial charge in [-0.1, -0.05) is 39.7 Å². The molecule has 0 aliphatic heterocycles. The fraction of sp³-hybridized carbons (Fsp3) is 0.846. The summed E-state index contributed by atoms with van der Waals surface area (Å²) in [5.41, 5.74) is 1.82. The number of hydrogen-bond donors (Lipinski definition) is 0. The maximum atomic E-state index is 3.94. The molecule has 0 saturated heterocycles. The van der Waals surface area contributed by atoms with Crippen molar-refractivity contribution in [3.63, 3.8) is 0 Å². The summed E-state index contributed by atoms with van der Waals surface area (Å²) >= 11 is 0. The molecule has 0 aromatic heterocycles. The van der Waals surface area contributed by atoms with Crippen LogP contribution in [0.4, 0.5) is 0 Å². The predicted octanol–water partition coefficient (Wildman–Crippen LogP) is 4.81. The first-order chi connectivity index (χ1) is 5.90. The first kappa shape index (κ1) is 12.7. The second kappa shape index (κ2) is 5.47. The van der Waals surface area contributed by atoms with Gasteiger partial charge in [0.05, 0.1) is 0 Å². The summed E-state index contributed by atoms with van der Waals surface area (Å²) in [6, 6.07) is 0. The molecule has 0 bridgehead atoms. The highest BCUT2D eigenvalue weighted by molar-refractivity contribution is 4.88. The second-order valence-corrected chi connectivity index (χ2v) is 5.11. The summed E-state index contributed by atoms with van der Waals surface area (Å²) in [4.78, 5) is 0. The molecule has 1 atom stereocenters. The Morgan fingerprint density at radius 3 is 2.31 bits per heavy atom. The van der Waals surface area contributed by atoms with Gasteiger partial charge in [0.1, 0.15) is 0 Å². The lowest BCUT2D eigenvalue weighted by molar-refractivity contribution is 0.201. The molecule has 13 heavy (non-hydrogen) atoms. The van der Waals surface area contributed by atoms with Crippen LogP contribution in [0.25, 0.3) is 0 Å². The largest absolute Gasteiger partial charge is 0.100 e. The van der Waals surface area contributed by atoms with Gasteiger partial charge >= 0.3 is 0 Å². The van der Waals surface area contributed by atoms with Gasteiger partial charge in [-0.15, -0.1) is 6.58 Å². The van der Waals surface area contributed by atoms with Crippen molar-refractivity contribution in [1.82, 2.24) is 0 Å². The van der Waals surface area contributed by atoms with Crippen LogP contribution in [0.5, 0.6) is 0 Å². The maximum Gasteiger partial charge on any atom is -0.0326 e. The van der Waals surface area contributed by atoms with Gasteiger partial charge in [0, 0.05) is 0 Å². The SMILES string of the molecule is C=C(C)CCCC(C)(C)C(C)CC. The van der Waals surface area contributed by atoms with Crippen LogP contribution in [0.3, 0.4) is 0 Å². The molecule has 0 radical (unpaired) electrons. The second-order valence-electron chi connectivity index (χ2n) is 5.11. The zero-order chi connectivity index (χ0) is 10.5. The Balaban J connectivity index is 3.81. The van der Waals surface area contributed by atoms with Crippen LogP contribution in [-0.4, -0.2) is 0 Å². The molecule has 78 valence electrons. The molecule has 0 aliphatic carbocycles. The van der Waals surface area contributed by atoms with Crippen LogP contribution in [0.2, 0.25) is 0 Å². The van der Waals surface area contributed by atoms with Crippen LogP contribution in [-0.2, 0) is 0 Å². The minimum atomic E-state index is 0.504. The first-order valence-electron chi connectivity index (χ1n) is 5.54. The average molecular weight is 182 g/mol. The fourth-order valence-electron chi connectivity index (χ4n) is 1.64. The summed E-state index contributed by atoms with van der Waals surface area (Å²) in [6.07, 6.45) is 5.11. The van der Waals surface area contributed by atoms with Crippen molar-refractivity contribution in [2.24, 2.45) is 11.3 Å². The molecule has 0 nitrogen and oxygen atoms in total. The van der Waals surface area contributed by atoms with Gasteiger partial charge in [0.25, 0.3) is 0 Å². The molecule has 0 aromatic rings. The van der Waals surface area contributed by atoms with Gasteiger partial charge in [-0.05, 0) is 37.5 Å². The van der Waals surface area contributed by atoms with Gasteiger partial charge in [-0.2, -0.15) is 0 Å². The molecule has 0 rings (SSSR count). The van der Waals surface area contributed by atoms with Crippen molar-refractivity contribution in [1.29, 1.82) is 0 Å². The van der Waals surface area contributed by atoms with Crippen LogP contribution >= 0.6 is 0 Å². The van der Waals surface area contributed by atoms with E-state index in [1.807, 2.05) is 0 Å². The van der Waals surface area contributed by atoms with Crippen molar-refractivity contribution in [3.05, 3.63) is 12.2 Å². The monoisotopic (exact) mass is 182 g/mol. The molecule has 0 saturated carbocycles. The van der Waals surface area contributed by atoms with E-state index in [1.54, 1.807) is 0 Å². The van der Waals surface area contributed by atoms with Gasteiger partial charge < -0.3 is 0 Å². The van der Waals surface area contributed by atoms with E-state index in [1.165, 1.54) is 31.3 Å². The Kier molecular flexibility index (Phi) is 5.36. The lowest BCUT2D eigenvalue weighted by Gasteiger charge is -2.31. The smallest absolute Gasteiger partial charge is 0.0326 e. The Hall–Kier alpha value is -0.260. The van der Waals surface area contributed by atoms with Gasteiger partial charge in [-0.3, -0.25) is 0 Å². The van der Waals surface area contributed by atoms with Crippen LogP contribution < -0.4 is 0 Å². The molecule has 0 amide bonds. The molecular weight excluding hydrogens is 156 g/mol. The standard InChI is InChI=1S/C13H26/c1-7-12(4)13(5,6)10-8-9-11(2)3/h12H,2,7-10H2,1,3-6H3. The van der Waals surface area contributed by atoms with Crippen molar-refractivity contribution >= 4 is 0 Å². The molecule has 1 unspecified atom stereocenters. The van der Waals surface area contributed by atoms with Crippen molar-refractivity contribution in [2.45, 2.75) is 60.3 Å². The normalized spacial score (nSPS) is 14.2. The quantitative estimate of drug-likeness (QED) is 0.517. The summed E-state index contributed by atoms with van der Waals surface area (Å²) < 4.78 is 0. The Morgan fingerprint density at radius 1 is 1.38 bits per heavy atom. The summed E-state index contributed by atoms with van der Waals surface area (Å²) in [5, 5.41) is 0. The zero-order valence-corrected chi connectivity index (χ0v) is 10.1. The third-order valence-corrected chi connectivity index (χ3v) is 3.37. The molecule has 0 heterocycles. The Labute approximate surface area is 84.4 Å². The molecular formula is C13H26. The molecule has 0 spiro atoms. The van der Waals surface area contributed by atoms with Crippen LogP contribution in [0.15, 0.2) is 12.2 Å². The van der Waals surface area contributed by atoms with Crippen molar-refractivity contribution in [3.8, 4) is 0 Å². The Bertz CT molecular complexity index is 153. The average Bonchev–Trinajstić information content (AvgIpc) is 2.01. The number of hydrogen-bond acceptors (Lipinski definition) is 0. The van der Waals surface area contributed by atoms with Gasteiger partial charge in [-0.25, -0.2) is 0 Å². The molecule has 0 aliphatic rings. The van der Waals surface area contributed by atoms with E-state index in [-0.39, 0.29) is 0 Å². The summed E-state index contributed by atoms with van der Waals surface area (Å²) in [6.45, 7) is 15.5. The van der Waals surface area contributed by atoms with E-state index >= 15 is 0 Å². The minimum absolute atomic E-state index is 0.504. The van der Waals surface area contributed by atoms with Crippen LogP contribution in [0, 0.1) is 11.3 Å². The lowest BCUT2D eigenvalue weighted by atomic mass is 9.75. The zero-order valence-electron chi connectivity index (χ0n) is 10.1. The topological polar surface area (TPSA) is 0 Å². The van der Waals surface area contributed by atoms with Gasteiger partial charge in [0.2, 0.25) is 0 Å². The number of allylic oxidation sites excluding steroid dienone is 1. The van der Waals surface area contributed by atoms with E-state index in [0.29, 0.717) is 5.41 Å². The van der Waals surface area contributed by atoms with E-state index in [9.17, 15) is 0 Å². The summed E-state index contributed by atoms with van der Waals surface area (Å²) in [5.74, 6) is 0.831. The summed E-state index contributed by atoms with van der Waals surface area (Å²) in [7, 11) is 0. The van der Waals surface area contributed by atoms with E-state index in [0.717, 1.165) is 5.92 Å². The van der Waals surface area contributed by atoms with Crippen LogP contribution in [0.1, 0.15) is 60.3 Å². The first-order valence-corrected chi connectivity index (χ1v) is 5.54. The minimum Gasteiger partial charge on any atom is -0.100 e. The third kappa shape index (κ3) is 5.13. The molecule has 0 heteroatoms. The van der Waals surface area contributed by atoms with Gasteiger partial charge in [0.15, 0.2) is 0 Å². The Morgan fingerprint density at radius 2 is 1.92 bits per heavy atom. The fourth-order valence-corrected chi connectivity index (χ4v) is 1.64. The van der Waals surface area contributed by atoms with E-state index in [2.05, 4.69) is 41.2 Å². The predicted molar refractivity (Wildman–Crippen MR) is 61.9 cm³/mol. The highest BCUT2D eigenvalue weighted by Gasteiger charge is 2.23. The lowest BCUT2D eigenvalue weighted by Crippen LogP contribution is -2.20. The van der Waals surface area contributed by atoms with Crippen molar-refractivity contribution in [2.75, 3.05) is 0 Å². The highest BCUT2D eigenvalue weighted by atomic mass is 14.3.